The van der Waals surface area contributed by atoms with Gasteiger partial charge in [-0.2, -0.15) is 0 Å². The van der Waals surface area contributed by atoms with E-state index in [1.807, 2.05) is 52.0 Å². The SMILES string of the molecule is CCC(CC)(CNC(=O)Nc1ccccc1N1C[C@@H](C)O[C@H](C)C1)C(=O)OC. The van der Waals surface area contributed by atoms with Gasteiger partial charge in [0.2, 0.25) is 0 Å². The van der Waals surface area contributed by atoms with Gasteiger partial charge in [-0.1, -0.05) is 26.0 Å². The van der Waals surface area contributed by atoms with Crippen LogP contribution in [0.1, 0.15) is 40.5 Å². The van der Waals surface area contributed by atoms with E-state index in [0.717, 1.165) is 24.5 Å². The highest BCUT2D eigenvalue weighted by atomic mass is 16.5. The quantitative estimate of drug-likeness (QED) is 0.697. The Bertz CT molecular complexity index is 665. The van der Waals surface area contributed by atoms with Gasteiger partial charge < -0.3 is 25.0 Å². The van der Waals surface area contributed by atoms with Crippen LogP contribution in [0.4, 0.5) is 16.2 Å². The molecular weight excluding hydrogens is 358 g/mol. The first-order chi connectivity index (χ1) is 13.3. The number of morpholine rings is 1. The molecule has 1 aliphatic heterocycles. The van der Waals surface area contributed by atoms with Crippen LogP contribution in [0.3, 0.4) is 0 Å². The smallest absolute Gasteiger partial charge is 0.319 e. The van der Waals surface area contributed by atoms with Gasteiger partial charge in [0.05, 0.1) is 36.1 Å². The first-order valence-corrected chi connectivity index (χ1v) is 9.98. The van der Waals surface area contributed by atoms with Crippen LogP contribution in [-0.2, 0) is 14.3 Å². The van der Waals surface area contributed by atoms with Crippen molar-refractivity contribution in [2.45, 2.75) is 52.7 Å². The molecule has 0 radical (unpaired) electrons. The molecule has 0 unspecified atom stereocenters. The van der Waals surface area contributed by atoms with E-state index in [9.17, 15) is 9.59 Å². The zero-order valence-electron chi connectivity index (χ0n) is 17.6. The Morgan fingerprint density at radius 3 is 2.36 bits per heavy atom. The molecule has 1 aromatic rings. The van der Waals surface area contributed by atoms with Crippen molar-refractivity contribution in [1.29, 1.82) is 0 Å². The summed E-state index contributed by atoms with van der Waals surface area (Å²) in [7, 11) is 1.38. The monoisotopic (exact) mass is 391 g/mol. The van der Waals surface area contributed by atoms with Gasteiger partial charge in [0.25, 0.3) is 0 Å². The number of benzene rings is 1. The number of ether oxygens (including phenoxy) is 2. The Morgan fingerprint density at radius 2 is 1.79 bits per heavy atom. The lowest BCUT2D eigenvalue weighted by Gasteiger charge is -2.37. The number of nitrogens with zero attached hydrogens (tertiary/aromatic N) is 1. The summed E-state index contributed by atoms with van der Waals surface area (Å²) in [5.74, 6) is -0.297. The molecule has 156 valence electrons. The van der Waals surface area contributed by atoms with Gasteiger partial charge in [-0.15, -0.1) is 0 Å². The van der Waals surface area contributed by atoms with Crippen LogP contribution in [-0.4, -0.2) is 51.0 Å². The predicted octanol–water partition coefficient (Wildman–Crippen LogP) is 3.40. The van der Waals surface area contributed by atoms with Crippen LogP contribution < -0.4 is 15.5 Å². The van der Waals surface area contributed by atoms with Crippen LogP contribution >= 0.6 is 0 Å². The molecule has 1 aliphatic rings. The van der Waals surface area contributed by atoms with Gasteiger partial charge >= 0.3 is 12.0 Å². The summed E-state index contributed by atoms with van der Waals surface area (Å²) < 4.78 is 10.7. The fourth-order valence-electron chi connectivity index (χ4n) is 3.72. The summed E-state index contributed by atoms with van der Waals surface area (Å²) in [6, 6.07) is 7.39. The number of esters is 1. The van der Waals surface area contributed by atoms with Crippen molar-refractivity contribution < 1.29 is 19.1 Å². The third-order valence-electron chi connectivity index (χ3n) is 5.47. The van der Waals surface area contributed by atoms with Crippen LogP contribution in [0, 0.1) is 5.41 Å². The topological polar surface area (TPSA) is 79.9 Å². The van der Waals surface area contributed by atoms with Gasteiger partial charge in [-0.3, -0.25) is 4.79 Å². The molecule has 1 fully saturated rings. The fraction of sp³-hybridized carbons (Fsp3) is 0.619. The second-order valence-electron chi connectivity index (χ2n) is 7.47. The Balaban J connectivity index is 2.07. The molecule has 1 aromatic carbocycles. The minimum absolute atomic E-state index is 0.125. The second-order valence-corrected chi connectivity index (χ2v) is 7.47. The average Bonchev–Trinajstić information content (AvgIpc) is 2.68. The number of urea groups is 1. The summed E-state index contributed by atoms with van der Waals surface area (Å²) in [4.78, 5) is 27.0. The number of carbonyl (C=O) groups excluding carboxylic acids is 2. The minimum atomic E-state index is -0.708. The standard InChI is InChI=1S/C21H33N3O4/c1-6-21(7-2,19(25)27-5)14-22-20(26)23-17-10-8-9-11-18(17)24-12-15(3)28-16(4)13-24/h8-11,15-16H,6-7,12-14H2,1-5H3,(H2,22,23,26)/t15-,16-/m1/s1. The third kappa shape index (κ3) is 5.16. The fourth-order valence-corrected chi connectivity index (χ4v) is 3.72. The normalized spacial score (nSPS) is 19.8. The van der Waals surface area contributed by atoms with Crippen molar-refractivity contribution in [3.8, 4) is 0 Å². The summed E-state index contributed by atoms with van der Waals surface area (Å²) >= 11 is 0. The number of para-hydroxylation sites is 2. The molecule has 0 aliphatic carbocycles. The van der Waals surface area contributed by atoms with E-state index >= 15 is 0 Å². The van der Waals surface area contributed by atoms with E-state index < -0.39 is 5.41 Å². The van der Waals surface area contributed by atoms with Crippen molar-refractivity contribution in [2.24, 2.45) is 5.41 Å². The van der Waals surface area contributed by atoms with E-state index in [1.165, 1.54) is 7.11 Å². The van der Waals surface area contributed by atoms with Crippen molar-refractivity contribution in [3.63, 3.8) is 0 Å². The number of rotatable bonds is 7. The van der Waals surface area contributed by atoms with E-state index in [0.29, 0.717) is 12.8 Å². The van der Waals surface area contributed by atoms with Gasteiger partial charge in [-0.25, -0.2) is 4.79 Å². The number of carbonyl (C=O) groups is 2. The molecule has 2 N–H and O–H groups in total. The summed E-state index contributed by atoms with van der Waals surface area (Å²) in [6.07, 6.45) is 1.44. The Labute approximate surface area is 167 Å². The number of amides is 2. The van der Waals surface area contributed by atoms with Crippen LogP contribution in [0.15, 0.2) is 24.3 Å². The molecule has 2 amide bonds. The van der Waals surface area contributed by atoms with E-state index in [2.05, 4.69) is 15.5 Å². The molecular formula is C21H33N3O4. The molecule has 7 heteroatoms. The highest BCUT2D eigenvalue weighted by Crippen LogP contribution is 2.29. The zero-order valence-corrected chi connectivity index (χ0v) is 17.6. The van der Waals surface area contributed by atoms with Crippen LogP contribution in [0.2, 0.25) is 0 Å². The molecule has 0 aromatic heterocycles. The molecule has 1 saturated heterocycles. The van der Waals surface area contributed by atoms with E-state index in [1.54, 1.807) is 0 Å². The molecule has 28 heavy (non-hydrogen) atoms. The van der Waals surface area contributed by atoms with Crippen molar-refractivity contribution in [1.82, 2.24) is 5.32 Å². The predicted molar refractivity (Wildman–Crippen MR) is 111 cm³/mol. The molecule has 7 nitrogen and oxygen atoms in total. The maximum atomic E-state index is 12.5. The lowest BCUT2D eigenvalue weighted by Crippen LogP contribution is -2.46. The number of hydrogen-bond acceptors (Lipinski definition) is 5. The van der Waals surface area contributed by atoms with Crippen molar-refractivity contribution >= 4 is 23.4 Å². The molecule has 0 bridgehead atoms. The van der Waals surface area contributed by atoms with Crippen LogP contribution in [0.25, 0.3) is 0 Å². The number of anilines is 2. The van der Waals surface area contributed by atoms with Crippen molar-refractivity contribution in [3.05, 3.63) is 24.3 Å². The lowest BCUT2D eigenvalue weighted by molar-refractivity contribution is -0.152. The Hall–Kier alpha value is -2.28. The number of nitrogens with one attached hydrogen (secondary N) is 2. The van der Waals surface area contributed by atoms with Gasteiger partial charge in [0.1, 0.15) is 0 Å². The Kier molecular flexibility index (Phi) is 7.69. The van der Waals surface area contributed by atoms with Gasteiger partial charge in [0.15, 0.2) is 0 Å². The van der Waals surface area contributed by atoms with Gasteiger partial charge in [-0.05, 0) is 38.8 Å². The molecule has 1 heterocycles. The lowest BCUT2D eigenvalue weighted by atomic mass is 9.82. The van der Waals surface area contributed by atoms with E-state index in [-0.39, 0.29) is 30.8 Å². The second kappa shape index (κ2) is 9.78. The highest BCUT2D eigenvalue weighted by molar-refractivity contribution is 5.93. The number of hydrogen-bond donors (Lipinski definition) is 2. The average molecular weight is 392 g/mol. The molecule has 2 atom stereocenters. The van der Waals surface area contributed by atoms with Crippen molar-refractivity contribution in [2.75, 3.05) is 37.0 Å². The first kappa shape index (κ1) is 22.0. The maximum absolute atomic E-state index is 12.5. The third-order valence-corrected chi connectivity index (χ3v) is 5.47. The van der Waals surface area contributed by atoms with E-state index in [4.69, 9.17) is 9.47 Å². The van der Waals surface area contributed by atoms with Gasteiger partial charge in [0, 0.05) is 19.6 Å². The largest absolute Gasteiger partial charge is 0.469 e. The maximum Gasteiger partial charge on any atom is 0.319 e. The summed E-state index contributed by atoms with van der Waals surface area (Å²) in [5.41, 5.74) is 0.989. The van der Waals surface area contributed by atoms with Crippen LogP contribution in [0.5, 0.6) is 0 Å². The highest BCUT2D eigenvalue weighted by Gasteiger charge is 2.36. The molecule has 0 saturated carbocycles. The summed E-state index contributed by atoms with van der Waals surface area (Å²) in [5, 5.41) is 5.77. The first-order valence-electron chi connectivity index (χ1n) is 9.98. The number of methoxy groups -OCH3 is 1. The Morgan fingerprint density at radius 1 is 1.18 bits per heavy atom. The molecule has 2 rings (SSSR count). The minimum Gasteiger partial charge on any atom is -0.469 e. The zero-order chi connectivity index (χ0) is 20.7. The summed E-state index contributed by atoms with van der Waals surface area (Å²) in [6.45, 7) is 9.71. The molecule has 0 spiro atoms.